The van der Waals surface area contributed by atoms with Crippen LogP contribution in [0, 0.1) is 5.92 Å². The molecule has 0 amide bonds. The molecule has 0 aliphatic carbocycles. The highest BCUT2D eigenvalue weighted by Gasteiger charge is 2.40. The summed E-state index contributed by atoms with van der Waals surface area (Å²) < 4.78 is 5.54. The van der Waals surface area contributed by atoms with Crippen molar-refractivity contribution < 1.29 is 14.9 Å². The molecule has 0 aromatic heterocycles. The lowest BCUT2D eigenvalue weighted by atomic mass is 9.92. The normalized spacial score (nSPS) is 22.6. The molecule has 2 rings (SSSR count). The number of ether oxygens (including phenoxy) is 1. The largest absolute Gasteiger partial charge is 0.508 e. The lowest BCUT2D eigenvalue weighted by Crippen LogP contribution is -2.48. The van der Waals surface area contributed by atoms with Gasteiger partial charge in [-0.1, -0.05) is 13.8 Å². The number of phenolic OH excluding ortho intramolecular Hbond substituents is 1. The van der Waals surface area contributed by atoms with Crippen LogP contribution in [0.1, 0.15) is 19.4 Å². The van der Waals surface area contributed by atoms with Gasteiger partial charge >= 0.3 is 0 Å². The van der Waals surface area contributed by atoms with Crippen LogP contribution in [-0.2, 0) is 5.54 Å². The van der Waals surface area contributed by atoms with E-state index in [2.05, 4.69) is 19.2 Å². The second kappa shape index (κ2) is 4.55. The summed E-state index contributed by atoms with van der Waals surface area (Å²) in [6.07, 6.45) is 0. The molecule has 1 heterocycles. The molecule has 1 unspecified atom stereocenters. The predicted molar refractivity (Wildman–Crippen MR) is 65.2 cm³/mol. The van der Waals surface area contributed by atoms with Crippen molar-refractivity contribution >= 4 is 0 Å². The minimum atomic E-state index is -0.534. The molecule has 0 fully saturated rings. The molecule has 0 spiro atoms. The molecule has 4 heteroatoms. The minimum Gasteiger partial charge on any atom is -0.508 e. The van der Waals surface area contributed by atoms with Crippen molar-refractivity contribution in [3.05, 3.63) is 23.8 Å². The Kier molecular flexibility index (Phi) is 3.26. The van der Waals surface area contributed by atoms with Gasteiger partial charge in [-0.25, -0.2) is 0 Å². The number of aromatic hydroxyl groups is 1. The first-order chi connectivity index (χ1) is 8.07. The van der Waals surface area contributed by atoms with E-state index in [1.807, 2.05) is 0 Å². The molecule has 4 nitrogen and oxygen atoms in total. The molecule has 17 heavy (non-hydrogen) atoms. The van der Waals surface area contributed by atoms with Crippen LogP contribution in [0.5, 0.6) is 11.5 Å². The van der Waals surface area contributed by atoms with Crippen molar-refractivity contribution in [2.45, 2.75) is 19.4 Å². The Morgan fingerprint density at radius 2 is 2.24 bits per heavy atom. The number of nitrogens with one attached hydrogen (secondary N) is 1. The molecule has 1 aliphatic rings. The Bertz CT molecular complexity index is 406. The summed E-state index contributed by atoms with van der Waals surface area (Å²) in [5.41, 5.74) is 0.381. The number of fused-ring (bicyclic) bond motifs is 1. The number of hydrogen-bond acceptors (Lipinski definition) is 4. The third-order valence-corrected chi connectivity index (χ3v) is 3.07. The Morgan fingerprint density at radius 1 is 1.47 bits per heavy atom. The number of hydrogen-bond donors (Lipinski definition) is 3. The SMILES string of the molecule is CC(C)CNC1(CO)COc2cc(O)ccc21. The van der Waals surface area contributed by atoms with Gasteiger partial charge in [0.15, 0.2) is 0 Å². The quantitative estimate of drug-likeness (QED) is 0.737. The van der Waals surface area contributed by atoms with Gasteiger partial charge in [0.05, 0.1) is 6.61 Å². The van der Waals surface area contributed by atoms with Crippen molar-refractivity contribution in [2.75, 3.05) is 19.8 Å². The fraction of sp³-hybridized carbons (Fsp3) is 0.538. The summed E-state index contributed by atoms with van der Waals surface area (Å²) in [4.78, 5) is 0. The maximum Gasteiger partial charge on any atom is 0.128 e. The van der Waals surface area contributed by atoms with E-state index in [1.54, 1.807) is 18.2 Å². The molecule has 1 aromatic rings. The Labute approximate surface area is 101 Å². The lowest BCUT2D eigenvalue weighted by Gasteiger charge is -2.28. The van der Waals surface area contributed by atoms with E-state index in [9.17, 15) is 10.2 Å². The summed E-state index contributed by atoms with van der Waals surface area (Å²) >= 11 is 0. The molecule has 0 bridgehead atoms. The van der Waals surface area contributed by atoms with E-state index >= 15 is 0 Å². The van der Waals surface area contributed by atoms with Gasteiger partial charge in [-0.05, 0) is 24.6 Å². The van der Waals surface area contributed by atoms with Crippen LogP contribution in [-0.4, -0.2) is 30.0 Å². The maximum atomic E-state index is 9.64. The highest BCUT2D eigenvalue weighted by molar-refractivity contribution is 5.47. The zero-order chi connectivity index (χ0) is 12.5. The topological polar surface area (TPSA) is 61.7 Å². The van der Waals surface area contributed by atoms with Crippen LogP contribution in [0.4, 0.5) is 0 Å². The van der Waals surface area contributed by atoms with Gasteiger partial charge in [0.1, 0.15) is 23.6 Å². The summed E-state index contributed by atoms with van der Waals surface area (Å²) in [5, 5.41) is 22.4. The van der Waals surface area contributed by atoms with Crippen molar-refractivity contribution in [1.82, 2.24) is 5.32 Å². The first-order valence-corrected chi connectivity index (χ1v) is 5.89. The fourth-order valence-electron chi connectivity index (χ4n) is 2.04. The summed E-state index contributed by atoms with van der Waals surface area (Å²) in [6.45, 7) is 5.42. The standard InChI is InChI=1S/C13H19NO3/c1-9(2)6-14-13(7-15)8-17-12-5-10(16)3-4-11(12)13/h3-5,9,14-16H,6-8H2,1-2H3. The lowest BCUT2D eigenvalue weighted by molar-refractivity contribution is 0.126. The van der Waals surface area contributed by atoms with Gasteiger partial charge in [0.25, 0.3) is 0 Å². The third-order valence-electron chi connectivity index (χ3n) is 3.07. The van der Waals surface area contributed by atoms with E-state index in [0.717, 1.165) is 12.1 Å². The van der Waals surface area contributed by atoms with E-state index < -0.39 is 5.54 Å². The molecule has 1 atom stereocenters. The van der Waals surface area contributed by atoms with Crippen LogP contribution in [0.3, 0.4) is 0 Å². The number of benzene rings is 1. The highest BCUT2D eigenvalue weighted by Crippen LogP contribution is 2.38. The van der Waals surface area contributed by atoms with Gasteiger partial charge in [0, 0.05) is 11.6 Å². The fourth-order valence-corrected chi connectivity index (χ4v) is 2.04. The van der Waals surface area contributed by atoms with Crippen LogP contribution in [0.25, 0.3) is 0 Å². The van der Waals surface area contributed by atoms with Gasteiger partial charge in [-0.3, -0.25) is 0 Å². The minimum absolute atomic E-state index is 0.0164. The van der Waals surface area contributed by atoms with Gasteiger partial charge in [-0.2, -0.15) is 0 Å². The van der Waals surface area contributed by atoms with Crippen molar-refractivity contribution in [2.24, 2.45) is 5.92 Å². The van der Waals surface area contributed by atoms with E-state index in [-0.39, 0.29) is 12.4 Å². The molecule has 0 saturated carbocycles. The molecule has 94 valence electrons. The first-order valence-electron chi connectivity index (χ1n) is 5.89. The second-order valence-corrected chi connectivity index (χ2v) is 4.98. The predicted octanol–water partition coefficient (Wildman–Crippen LogP) is 1.22. The van der Waals surface area contributed by atoms with Crippen LogP contribution in [0.15, 0.2) is 18.2 Å². The Morgan fingerprint density at radius 3 is 2.88 bits per heavy atom. The molecule has 0 saturated heterocycles. The maximum absolute atomic E-state index is 9.64. The zero-order valence-corrected chi connectivity index (χ0v) is 10.2. The average molecular weight is 237 g/mol. The summed E-state index contributed by atoms with van der Waals surface area (Å²) in [6, 6.07) is 5.01. The van der Waals surface area contributed by atoms with E-state index in [4.69, 9.17) is 4.74 Å². The monoisotopic (exact) mass is 237 g/mol. The molecule has 1 aromatic carbocycles. The average Bonchev–Trinajstić information content (AvgIpc) is 2.65. The van der Waals surface area contributed by atoms with Gasteiger partial charge < -0.3 is 20.3 Å². The number of aliphatic hydroxyl groups excluding tert-OH is 1. The van der Waals surface area contributed by atoms with Gasteiger partial charge in [-0.15, -0.1) is 0 Å². The van der Waals surface area contributed by atoms with Crippen LogP contribution in [0.2, 0.25) is 0 Å². The molecule has 1 aliphatic heterocycles. The molecule has 3 N–H and O–H groups in total. The van der Waals surface area contributed by atoms with Crippen LogP contribution < -0.4 is 10.1 Å². The third kappa shape index (κ3) is 2.23. The van der Waals surface area contributed by atoms with Crippen molar-refractivity contribution in [1.29, 1.82) is 0 Å². The molecular weight excluding hydrogens is 218 g/mol. The highest BCUT2D eigenvalue weighted by atomic mass is 16.5. The second-order valence-electron chi connectivity index (χ2n) is 4.98. The van der Waals surface area contributed by atoms with Gasteiger partial charge in [0.2, 0.25) is 0 Å². The number of rotatable bonds is 4. The molecular formula is C13H19NO3. The van der Waals surface area contributed by atoms with Crippen LogP contribution >= 0.6 is 0 Å². The van der Waals surface area contributed by atoms with Crippen molar-refractivity contribution in [3.8, 4) is 11.5 Å². The zero-order valence-electron chi connectivity index (χ0n) is 10.2. The smallest absolute Gasteiger partial charge is 0.128 e. The van der Waals surface area contributed by atoms with E-state index in [0.29, 0.717) is 18.3 Å². The summed E-state index contributed by atoms with van der Waals surface area (Å²) in [7, 11) is 0. The molecule has 0 radical (unpaired) electrons. The van der Waals surface area contributed by atoms with E-state index in [1.165, 1.54) is 0 Å². The Hall–Kier alpha value is -1.26. The van der Waals surface area contributed by atoms with Crippen molar-refractivity contribution in [3.63, 3.8) is 0 Å². The number of aliphatic hydroxyl groups is 1. The Balaban J connectivity index is 2.27. The number of phenols is 1. The summed E-state index contributed by atoms with van der Waals surface area (Å²) in [5.74, 6) is 1.33. The first kappa shape index (κ1) is 12.2.